The van der Waals surface area contributed by atoms with E-state index >= 15 is 0 Å². The fourth-order valence-corrected chi connectivity index (χ4v) is 2.20. The van der Waals surface area contributed by atoms with Crippen molar-refractivity contribution < 1.29 is 20.1 Å². The first-order valence-electron chi connectivity index (χ1n) is 5.68. The summed E-state index contributed by atoms with van der Waals surface area (Å²) in [6.45, 7) is -0.396. The number of anilines is 1. The van der Waals surface area contributed by atoms with Crippen LogP contribution >= 0.6 is 0 Å². The van der Waals surface area contributed by atoms with Gasteiger partial charge in [-0.05, 0) is 0 Å². The first kappa shape index (κ1) is 12.2. The predicted molar refractivity (Wildman–Crippen MR) is 62.5 cm³/mol. The molecular weight excluding hydrogens is 254 g/mol. The van der Waals surface area contributed by atoms with Crippen molar-refractivity contribution in [2.45, 2.75) is 24.5 Å². The average molecular weight is 267 g/mol. The van der Waals surface area contributed by atoms with E-state index in [0.717, 1.165) is 0 Å². The molecule has 9 heteroatoms. The first-order valence-corrected chi connectivity index (χ1v) is 5.68. The van der Waals surface area contributed by atoms with Crippen molar-refractivity contribution in [1.29, 1.82) is 0 Å². The zero-order chi connectivity index (χ0) is 13.6. The lowest BCUT2D eigenvalue weighted by Crippen LogP contribution is -2.33. The highest BCUT2D eigenvalue weighted by molar-refractivity contribution is 5.81. The van der Waals surface area contributed by atoms with Gasteiger partial charge in [-0.1, -0.05) is 0 Å². The van der Waals surface area contributed by atoms with Gasteiger partial charge in [0.1, 0.15) is 24.3 Å². The molecule has 5 N–H and O–H groups in total. The number of nitrogens with zero attached hydrogens (tertiary/aromatic N) is 4. The topological polar surface area (TPSA) is 140 Å². The largest absolute Gasteiger partial charge is 0.394 e. The van der Waals surface area contributed by atoms with Crippen LogP contribution in [0.3, 0.4) is 0 Å². The van der Waals surface area contributed by atoms with Gasteiger partial charge in [0.15, 0.2) is 11.5 Å². The molecule has 0 bridgehead atoms. The van der Waals surface area contributed by atoms with Crippen molar-refractivity contribution in [3.8, 4) is 0 Å². The minimum absolute atomic E-state index is 0.104. The van der Waals surface area contributed by atoms with Crippen LogP contribution in [0.25, 0.3) is 11.2 Å². The van der Waals surface area contributed by atoms with Crippen LogP contribution < -0.4 is 5.73 Å². The summed E-state index contributed by atoms with van der Waals surface area (Å²) in [6.07, 6.45) is 0.609. The molecule has 0 spiro atoms. The van der Waals surface area contributed by atoms with Crippen molar-refractivity contribution in [2.24, 2.45) is 0 Å². The van der Waals surface area contributed by atoms with Crippen LogP contribution in [0.1, 0.15) is 6.42 Å². The highest BCUT2D eigenvalue weighted by atomic mass is 16.7. The second kappa shape index (κ2) is 4.10. The molecule has 0 unspecified atom stereocenters. The number of hydrogen-bond donors (Lipinski definition) is 4. The van der Waals surface area contributed by atoms with Gasteiger partial charge in [-0.15, -0.1) is 0 Å². The number of rotatable bonds is 2. The van der Waals surface area contributed by atoms with E-state index in [2.05, 4.69) is 15.0 Å². The second-order valence-electron chi connectivity index (χ2n) is 4.40. The Bertz CT molecular complexity index is 617. The molecule has 0 amide bonds. The molecule has 19 heavy (non-hydrogen) atoms. The maximum atomic E-state index is 10.4. The third-order valence-electron chi connectivity index (χ3n) is 3.16. The molecule has 1 saturated heterocycles. The molecule has 2 aromatic heterocycles. The third kappa shape index (κ3) is 1.75. The van der Waals surface area contributed by atoms with Gasteiger partial charge in [0.2, 0.25) is 0 Å². The molecule has 3 atom stereocenters. The molecule has 0 saturated carbocycles. The summed E-state index contributed by atoms with van der Waals surface area (Å²) in [6, 6.07) is 0. The van der Waals surface area contributed by atoms with Crippen LogP contribution in [0, 0.1) is 0 Å². The number of nitrogen functional groups attached to an aromatic ring is 1. The Balaban J connectivity index is 2.08. The zero-order valence-electron chi connectivity index (χ0n) is 9.84. The summed E-state index contributed by atoms with van der Waals surface area (Å²) in [4.78, 5) is 11.8. The molecule has 102 valence electrons. The Morgan fingerprint density at radius 1 is 1.47 bits per heavy atom. The van der Waals surface area contributed by atoms with Gasteiger partial charge in [-0.2, -0.15) is 0 Å². The van der Waals surface area contributed by atoms with E-state index < -0.39 is 24.7 Å². The lowest BCUT2D eigenvalue weighted by Gasteiger charge is -2.23. The standard InChI is InChI=1S/C10H13N5O4/c11-8-7-9(13-3-12-8)15(4-14-7)10(18)1-5(17)6(2-16)19-10/h3-6,16-18H,1-2H2,(H2,11,12,13)/t5-,6+,10-/m0/s1. The summed E-state index contributed by atoms with van der Waals surface area (Å²) < 4.78 is 6.54. The molecular formula is C10H13N5O4. The summed E-state index contributed by atoms with van der Waals surface area (Å²) in [5, 5.41) is 29.2. The average Bonchev–Trinajstić information content (AvgIpc) is 2.92. The van der Waals surface area contributed by atoms with Gasteiger partial charge in [-0.3, -0.25) is 4.57 Å². The normalized spacial score (nSPS) is 31.1. The van der Waals surface area contributed by atoms with Crippen LogP contribution in [0.5, 0.6) is 0 Å². The smallest absolute Gasteiger partial charge is 0.258 e. The van der Waals surface area contributed by atoms with E-state index in [-0.39, 0.29) is 12.2 Å². The lowest BCUT2D eigenvalue weighted by molar-refractivity contribution is -0.254. The van der Waals surface area contributed by atoms with Crippen molar-refractivity contribution in [3.63, 3.8) is 0 Å². The lowest BCUT2D eigenvalue weighted by atomic mass is 10.2. The Hall–Kier alpha value is -1.81. The maximum Gasteiger partial charge on any atom is 0.258 e. The molecule has 2 aromatic rings. The SMILES string of the molecule is Nc1ncnc2c1ncn2[C@]1(O)C[C@H](O)[C@@H](CO)O1. The van der Waals surface area contributed by atoms with Gasteiger partial charge >= 0.3 is 0 Å². The van der Waals surface area contributed by atoms with Crippen molar-refractivity contribution >= 4 is 17.0 Å². The molecule has 1 aliphatic heterocycles. The molecule has 3 rings (SSSR count). The molecule has 0 aliphatic carbocycles. The van der Waals surface area contributed by atoms with E-state index in [0.29, 0.717) is 11.2 Å². The third-order valence-corrected chi connectivity index (χ3v) is 3.16. The molecule has 9 nitrogen and oxygen atoms in total. The number of aromatic nitrogens is 4. The monoisotopic (exact) mass is 267 g/mol. The Morgan fingerprint density at radius 2 is 2.26 bits per heavy atom. The van der Waals surface area contributed by atoms with E-state index in [9.17, 15) is 10.2 Å². The summed E-state index contributed by atoms with van der Waals surface area (Å²) >= 11 is 0. The molecule has 0 radical (unpaired) electrons. The minimum Gasteiger partial charge on any atom is -0.394 e. The van der Waals surface area contributed by atoms with Gasteiger partial charge in [-0.25, -0.2) is 15.0 Å². The molecule has 1 fully saturated rings. The fourth-order valence-electron chi connectivity index (χ4n) is 2.20. The number of fused-ring (bicyclic) bond motifs is 1. The van der Waals surface area contributed by atoms with E-state index in [1.54, 1.807) is 0 Å². The van der Waals surface area contributed by atoms with E-state index in [4.69, 9.17) is 15.6 Å². The number of ether oxygens (including phenoxy) is 1. The second-order valence-corrected chi connectivity index (χ2v) is 4.40. The fraction of sp³-hybridized carbons (Fsp3) is 0.500. The van der Waals surface area contributed by atoms with Crippen LogP contribution in [0.4, 0.5) is 5.82 Å². The number of hydrogen-bond acceptors (Lipinski definition) is 8. The molecule has 0 aromatic carbocycles. The van der Waals surface area contributed by atoms with Crippen LogP contribution in [0.15, 0.2) is 12.7 Å². The number of imidazole rings is 1. The number of aliphatic hydroxyl groups is 3. The molecule has 3 heterocycles. The van der Waals surface area contributed by atoms with Crippen LogP contribution in [0.2, 0.25) is 0 Å². The Morgan fingerprint density at radius 3 is 2.95 bits per heavy atom. The number of aliphatic hydroxyl groups excluding tert-OH is 2. The van der Waals surface area contributed by atoms with Gasteiger partial charge in [0, 0.05) is 0 Å². The predicted octanol–water partition coefficient (Wildman–Crippen LogP) is -1.85. The van der Waals surface area contributed by atoms with Gasteiger partial charge < -0.3 is 25.8 Å². The Kier molecular flexibility index (Phi) is 2.64. The van der Waals surface area contributed by atoms with Crippen LogP contribution in [-0.4, -0.2) is 53.7 Å². The van der Waals surface area contributed by atoms with Crippen molar-refractivity contribution in [2.75, 3.05) is 12.3 Å². The quantitative estimate of drug-likeness (QED) is 0.497. The zero-order valence-corrected chi connectivity index (χ0v) is 9.84. The summed E-state index contributed by atoms with van der Waals surface area (Å²) in [5.74, 6) is -1.63. The summed E-state index contributed by atoms with van der Waals surface area (Å²) in [5.41, 5.74) is 6.28. The Labute approximate surface area is 107 Å². The molecule has 1 aliphatic rings. The first-order chi connectivity index (χ1) is 9.05. The minimum atomic E-state index is -1.82. The highest BCUT2D eigenvalue weighted by Gasteiger charge is 2.47. The van der Waals surface area contributed by atoms with Crippen LogP contribution in [-0.2, 0) is 10.6 Å². The highest BCUT2D eigenvalue weighted by Crippen LogP contribution is 2.34. The van der Waals surface area contributed by atoms with E-state index in [1.807, 2.05) is 0 Å². The van der Waals surface area contributed by atoms with Crippen molar-refractivity contribution in [3.05, 3.63) is 12.7 Å². The summed E-state index contributed by atoms with van der Waals surface area (Å²) in [7, 11) is 0. The van der Waals surface area contributed by atoms with Crippen molar-refractivity contribution in [1.82, 2.24) is 19.5 Å². The number of nitrogens with two attached hydrogens (primary N) is 1. The maximum absolute atomic E-state index is 10.4. The van der Waals surface area contributed by atoms with E-state index in [1.165, 1.54) is 17.2 Å². The van der Waals surface area contributed by atoms with Gasteiger partial charge in [0.25, 0.3) is 5.91 Å². The van der Waals surface area contributed by atoms with Gasteiger partial charge in [0.05, 0.1) is 19.1 Å².